The molecule has 1 aromatic heterocycles. The zero-order valence-electron chi connectivity index (χ0n) is 15.4. The molecule has 0 aromatic carbocycles. The molecule has 0 radical (unpaired) electrons. The Hall–Kier alpha value is -1.89. The molecule has 1 saturated heterocycles. The summed E-state index contributed by atoms with van der Waals surface area (Å²) >= 11 is 0. The minimum atomic E-state index is -0.231. The van der Waals surface area contributed by atoms with E-state index in [4.69, 9.17) is 0 Å². The average Bonchev–Trinajstić information content (AvgIpc) is 2.55. The third-order valence-corrected chi connectivity index (χ3v) is 4.62. The average molecular weight is 334 g/mol. The van der Waals surface area contributed by atoms with Crippen molar-refractivity contribution in [2.45, 2.75) is 46.7 Å². The number of rotatable bonds is 5. The monoisotopic (exact) mass is 334 g/mol. The van der Waals surface area contributed by atoms with E-state index in [0.29, 0.717) is 17.8 Å². The number of hydrogen-bond donors (Lipinski definition) is 2. The maximum atomic E-state index is 12.0. The van der Waals surface area contributed by atoms with E-state index in [2.05, 4.69) is 58.1 Å². The molecule has 1 fully saturated rings. The molecular weight excluding hydrogens is 304 g/mol. The van der Waals surface area contributed by atoms with Crippen LogP contribution in [0.1, 0.15) is 34.6 Å². The van der Waals surface area contributed by atoms with Gasteiger partial charge in [0.05, 0.1) is 0 Å². The fraction of sp³-hybridized carbons (Fsp3) is 0.706. The van der Waals surface area contributed by atoms with Gasteiger partial charge in [-0.05, 0) is 26.7 Å². The molecule has 7 heteroatoms. The Bertz CT molecular complexity index is 540. The lowest BCUT2D eigenvalue weighted by Crippen LogP contribution is -2.49. The molecule has 1 aliphatic rings. The second-order valence-corrected chi connectivity index (χ2v) is 7.01. The van der Waals surface area contributed by atoms with E-state index in [-0.39, 0.29) is 12.1 Å². The lowest BCUT2D eigenvalue weighted by molar-refractivity contribution is 0.209. The van der Waals surface area contributed by atoms with E-state index >= 15 is 0 Å². The molecule has 134 valence electrons. The van der Waals surface area contributed by atoms with Crippen molar-refractivity contribution in [1.29, 1.82) is 0 Å². The number of piperazine rings is 1. The third kappa shape index (κ3) is 5.06. The quantitative estimate of drug-likeness (QED) is 0.863. The van der Waals surface area contributed by atoms with Gasteiger partial charge in [-0.2, -0.15) is 0 Å². The number of amides is 2. The Kier molecular flexibility index (Phi) is 6.36. The zero-order chi connectivity index (χ0) is 17.7. The summed E-state index contributed by atoms with van der Waals surface area (Å²) in [7, 11) is 0. The molecule has 24 heavy (non-hydrogen) atoms. The number of nitrogens with zero attached hydrogens (tertiary/aromatic N) is 4. The molecule has 1 aliphatic heterocycles. The number of urea groups is 1. The van der Waals surface area contributed by atoms with Crippen LogP contribution in [-0.4, -0.2) is 59.2 Å². The van der Waals surface area contributed by atoms with Crippen LogP contribution in [0.5, 0.6) is 0 Å². The van der Waals surface area contributed by atoms with Crippen molar-refractivity contribution in [2.24, 2.45) is 5.92 Å². The molecule has 7 nitrogen and oxygen atoms in total. The number of nitrogens with one attached hydrogen (secondary N) is 2. The highest BCUT2D eigenvalue weighted by Crippen LogP contribution is 2.17. The van der Waals surface area contributed by atoms with E-state index in [1.165, 1.54) is 6.33 Å². The van der Waals surface area contributed by atoms with Crippen LogP contribution in [0.3, 0.4) is 0 Å². The maximum absolute atomic E-state index is 12.0. The van der Waals surface area contributed by atoms with Gasteiger partial charge in [-0.1, -0.05) is 13.8 Å². The highest BCUT2D eigenvalue weighted by atomic mass is 16.2. The lowest BCUT2D eigenvalue weighted by atomic mass is 10.1. The van der Waals surface area contributed by atoms with E-state index in [9.17, 15) is 4.79 Å². The second kappa shape index (κ2) is 8.28. The molecule has 0 bridgehead atoms. The topological polar surface area (TPSA) is 73.4 Å². The summed E-state index contributed by atoms with van der Waals surface area (Å²) in [4.78, 5) is 25.2. The number of hydrogen-bond acceptors (Lipinski definition) is 5. The van der Waals surface area contributed by atoms with Crippen LogP contribution in [-0.2, 0) is 0 Å². The first-order valence-corrected chi connectivity index (χ1v) is 8.75. The summed E-state index contributed by atoms with van der Waals surface area (Å²) in [5.41, 5.74) is 0. The molecule has 1 unspecified atom stereocenters. The predicted molar refractivity (Wildman–Crippen MR) is 97.4 cm³/mol. The first-order chi connectivity index (χ1) is 11.4. The van der Waals surface area contributed by atoms with Gasteiger partial charge in [-0.25, -0.2) is 14.8 Å². The Labute approximate surface area is 144 Å². The lowest BCUT2D eigenvalue weighted by Gasteiger charge is -2.37. The minimum Gasteiger partial charge on any atom is -0.354 e. The first kappa shape index (κ1) is 18.4. The van der Waals surface area contributed by atoms with Gasteiger partial charge in [0.1, 0.15) is 18.0 Å². The second-order valence-electron chi connectivity index (χ2n) is 7.01. The van der Waals surface area contributed by atoms with Crippen molar-refractivity contribution < 1.29 is 4.79 Å². The normalized spacial score (nSPS) is 17.2. The summed E-state index contributed by atoms with van der Waals surface area (Å²) in [6.07, 6.45) is 1.51. The molecule has 2 amide bonds. The number of aromatic nitrogens is 2. The van der Waals surface area contributed by atoms with Gasteiger partial charge in [0, 0.05) is 44.3 Å². The summed E-state index contributed by atoms with van der Waals surface area (Å²) in [5, 5.41) is 5.71. The SMILES string of the molecule is CC(C)C(C)NC(=O)Nc1cc(N2CCN(C(C)C)CC2)ncn1. The zero-order valence-corrected chi connectivity index (χ0v) is 15.4. The van der Waals surface area contributed by atoms with Crippen LogP contribution >= 0.6 is 0 Å². The molecule has 2 rings (SSSR count). The van der Waals surface area contributed by atoms with Gasteiger partial charge < -0.3 is 10.2 Å². The van der Waals surface area contributed by atoms with Crippen molar-refractivity contribution in [2.75, 3.05) is 36.4 Å². The van der Waals surface area contributed by atoms with Crippen LogP contribution in [0, 0.1) is 5.92 Å². The summed E-state index contributed by atoms with van der Waals surface area (Å²) in [6, 6.07) is 2.28. The predicted octanol–water partition coefficient (Wildman–Crippen LogP) is 2.17. The number of carbonyl (C=O) groups is 1. The first-order valence-electron chi connectivity index (χ1n) is 8.75. The Morgan fingerprint density at radius 1 is 1.08 bits per heavy atom. The third-order valence-electron chi connectivity index (χ3n) is 4.62. The van der Waals surface area contributed by atoms with Gasteiger partial charge in [-0.3, -0.25) is 10.2 Å². The van der Waals surface area contributed by atoms with Crippen molar-refractivity contribution >= 4 is 17.7 Å². The van der Waals surface area contributed by atoms with Crippen molar-refractivity contribution in [3.8, 4) is 0 Å². The van der Waals surface area contributed by atoms with Crippen molar-refractivity contribution in [3.63, 3.8) is 0 Å². The Balaban J connectivity index is 1.93. The van der Waals surface area contributed by atoms with Crippen LogP contribution in [0.15, 0.2) is 12.4 Å². The fourth-order valence-electron chi connectivity index (χ4n) is 2.58. The maximum Gasteiger partial charge on any atom is 0.320 e. The van der Waals surface area contributed by atoms with Crippen LogP contribution in [0.4, 0.5) is 16.4 Å². The van der Waals surface area contributed by atoms with Gasteiger partial charge in [-0.15, -0.1) is 0 Å². The van der Waals surface area contributed by atoms with Gasteiger partial charge in [0.25, 0.3) is 0 Å². The summed E-state index contributed by atoms with van der Waals surface area (Å²) < 4.78 is 0. The van der Waals surface area contributed by atoms with Crippen LogP contribution in [0.25, 0.3) is 0 Å². The highest BCUT2D eigenvalue weighted by molar-refractivity contribution is 5.88. The molecule has 2 N–H and O–H groups in total. The van der Waals surface area contributed by atoms with Gasteiger partial charge in [0.2, 0.25) is 0 Å². The van der Waals surface area contributed by atoms with E-state index in [0.717, 1.165) is 32.0 Å². The van der Waals surface area contributed by atoms with E-state index < -0.39 is 0 Å². The summed E-state index contributed by atoms with van der Waals surface area (Å²) in [5.74, 6) is 1.77. The molecule has 2 heterocycles. The Morgan fingerprint density at radius 3 is 2.33 bits per heavy atom. The van der Waals surface area contributed by atoms with E-state index in [1.807, 2.05) is 13.0 Å². The van der Waals surface area contributed by atoms with Crippen LogP contribution < -0.4 is 15.5 Å². The standard InChI is InChI=1S/C17H30N6O/c1-12(2)14(5)20-17(24)21-15-10-16(19-11-18-15)23-8-6-22(7-9-23)13(3)4/h10-14H,6-9H2,1-5H3,(H2,18,19,20,21,24). The van der Waals surface area contributed by atoms with Crippen molar-refractivity contribution in [3.05, 3.63) is 12.4 Å². The molecule has 0 spiro atoms. The van der Waals surface area contributed by atoms with Gasteiger partial charge >= 0.3 is 6.03 Å². The van der Waals surface area contributed by atoms with Crippen molar-refractivity contribution in [1.82, 2.24) is 20.2 Å². The molecule has 0 aliphatic carbocycles. The van der Waals surface area contributed by atoms with Gasteiger partial charge in [0.15, 0.2) is 0 Å². The highest BCUT2D eigenvalue weighted by Gasteiger charge is 2.20. The fourth-order valence-corrected chi connectivity index (χ4v) is 2.58. The molecule has 1 atom stereocenters. The molecular formula is C17H30N6O. The van der Waals surface area contributed by atoms with E-state index in [1.54, 1.807) is 0 Å². The minimum absolute atomic E-state index is 0.107. The smallest absolute Gasteiger partial charge is 0.320 e. The molecule has 1 aromatic rings. The number of carbonyl (C=O) groups excluding carboxylic acids is 1. The largest absolute Gasteiger partial charge is 0.354 e. The number of anilines is 2. The van der Waals surface area contributed by atoms with Crippen LogP contribution in [0.2, 0.25) is 0 Å². The summed E-state index contributed by atoms with van der Waals surface area (Å²) in [6.45, 7) is 14.5. The molecule has 0 saturated carbocycles. The Morgan fingerprint density at radius 2 is 1.75 bits per heavy atom.